The van der Waals surface area contributed by atoms with E-state index in [0.717, 1.165) is 18.2 Å². The molecule has 0 bridgehead atoms. The third-order valence-electron chi connectivity index (χ3n) is 2.93. The third kappa shape index (κ3) is 4.87. The van der Waals surface area contributed by atoms with Gasteiger partial charge in [0.15, 0.2) is 14.4 Å². The summed E-state index contributed by atoms with van der Waals surface area (Å²) >= 11 is 3.39. The van der Waals surface area contributed by atoms with E-state index in [1.54, 1.807) is 18.2 Å². The van der Waals surface area contributed by atoms with Crippen LogP contribution in [-0.2, 0) is 4.43 Å². The highest BCUT2D eigenvalue weighted by Crippen LogP contribution is 2.38. The summed E-state index contributed by atoms with van der Waals surface area (Å²) in [6, 6.07) is 10.1. The Morgan fingerprint density at radius 1 is 1.12 bits per heavy atom. The lowest BCUT2D eigenvalue weighted by atomic mass is 10.1. The number of hydrogen-bond acceptors (Lipinski definition) is 3. The summed E-state index contributed by atoms with van der Waals surface area (Å²) in [4.78, 5) is 0. The zero-order chi connectivity index (χ0) is 17.9. The fraction of sp³-hybridized carbons (Fsp3) is 0.235. The van der Waals surface area contributed by atoms with Gasteiger partial charge >= 0.3 is 0 Å². The van der Waals surface area contributed by atoms with Gasteiger partial charge in [-0.25, -0.2) is 8.78 Å². The quantitative estimate of drug-likeness (QED) is 0.571. The van der Waals surface area contributed by atoms with Crippen LogP contribution in [0.3, 0.4) is 0 Å². The molecule has 2 aromatic carbocycles. The van der Waals surface area contributed by atoms with Crippen molar-refractivity contribution in [2.24, 2.45) is 0 Å². The summed E-state index contributed by atoms with van der Waals surface area (Å²) in [5.74, 6) is -1.16. The maximum Gasteiger partial charge on any atom is 0.186 e. The van der Waals surface area contributed by atoms with Gasteiger partial charge < -0.3 is 9.16 Å². The van der Waals surface area contributed by atoms with E-state index in [0.29, 0.717) is 15.8 Å². The van der Waals surface area contributed by atoms with Crippen molar-refractivity contribution in [3.05, 3.63) is 58.1 Å². The zero-order valence-corrected chi connectivity index (χ0v) is 16.0. The Kier molecular flexibility index (Phi) is 5.75. The number of halogens is 3. The molecule has 0 saturated heterocycles. The van der Waals surface area contributed by atoms with Crippen molar-refractivity contribution in [3.63, 3.8) is 0 Å². The fourth-order valence-corrected chi connectivity index (χ4v) is 3.51. The predicted octanol–water partition coefficient (Wildman–Crippen LogP) is 5.94. The monoisotopic (exact) mass is 411 g/mol. The topological polar surface area (TPSA) is 42.2 Å². The van der Waals surface area contributed by atoms with E-state index < -0.39 is 26.1 Å². The van der Waals surface area contributed by atoms with Gasteiger partial charge in [-0.2, -0.15) is 5.26 Å². The summed E-state index contributed by atoms with van der Waals surface area (Å²) < 4.78 is 38.9. The first-order valence-corrected chi connectivity index (χ1v) is 11.4. The van der Waals surface area contributed by atoms with Crippen molar-refractivity contribution in [1.82, 2.24) is 0 Å². The first-order valence-electron chi connectivity index (χ1n) is 7.19. The van der Waals surface area contributed by atoms with Crippen molar-refractivity contribution in [2.45, 2.75) is 25.7 Å². The highest BCUT2D eigenvalue weighted by atomic mass is 79.9. The molecule has 0 aliphatic carbocycles. The van der Waals surface area contributed by atoms with Gasteiger partial charge in [0.2, 0.25) is 0 Å². The summed E-state index contributed by atoms with van der Waals surface area (Å²) in [5.41, 5.74) is 0.493. The second-order valence-electron chi connectivity index (χ2n) is 6.10. The summed E-state index contributed by atoms with van der Waals surface area (Å²) in [6.45, 7) is 5.91. The minimum absolute atomic E-state index is 0.0107. The van der Waals surface area contributed by atoms with Crippen molar-refractivity contribution in [3.8, 4) is 17.6 Å². The molecule has 0 fully saturated rings. The van der Waals surface area contributed by atoms with Crippen molar-refractivity contribution >= 4 is 24.2 Å². The molecule has 0 aromatic heterocycles. The first kappa shape index (κ1) is 18.6. The fourth-order valence-electron chi connectivity index (χ4n) is 2.08. The van der Waals surface area contributed by atoms with Crippen molar-refractivity contribution in [2.75, 3.05) is 0 Å². The number of ether oxygens (including phenoxy) is 1. The first-order chi connectivity index (χ1) is 11.2. The Bertz CT molecular complexity index is 767. The van der Waals surface area contributed by atoms with Gasteiger partial charge in [-0.3, -0.25) is 0 Å². The standard InChI is InChI=1S/C17H16BrF2NO2Si/c1-24(2,3)23-16(10-21)17-14(18)5-4-6-15(17)22-13-8-11(19)7-12(20)9-13/h4-9,16H,1-3H3. The van der Waals surface area contributed by atoms with Gasteiger partial charge in [0, 0.05) is 22.7 Å². The third-order valence-corrected chi connectivity index (χ3v) is 4.56. The van der Waals surface area contributed by atoms with Crippen LogP contribution < -0.4 is 4.74 Å². The molecular formula is C17H16BrF2NO2Si. The summed E-state index contributed by atoms with van der Waals surface area (Å²) in [6.07, 6.45) is -0.847. The normalized spacial score (nSPS) is 12.5. The molecule has 0 N–H and O–H groups in total. The largest absolute Gasteiger partial charge is 0.457 e. The minimum atomic E-state index is -2.00. The lowest BCUT2D eigenvalue weighted by Crippen LogP contribution is -2.27. The van der Waals surface area contributed by atoms with E-state index in [1.165, 1.54) is 0 Å². The molecular weight excluding hydrogens is 396 g/mol. The van der Waals surface area contributed by atoms with Crippen LogP contribution in [0.2, 0.25) is 19.6 Å². The number of hydrogen-bond donors (Lipinski definition) is 0. The van der Waals surface area contributed by atoms with E-state index >= 15 is 0 Å². The van der Waals surface area contributed by atoms with Crippen LogP contribution in [0.1, 0.15) is 11.7 Å². The molecule has 2 rings (SSSR count). The molecule has 0 saturated carbocycles. The molecule has 24 heavy (non-hydrogen) atoms. The Labute approximate surface area is 149 Å². The molecule has 0 spiro atoms. The molecule has 0 heterocycles. The molecule has 3 nitrogen and oxygen atoms in total. The number of nitrogens with zero attached hydrogens (tertiary/aromatic N) is 1. The minimum Gasteiger partial charge on any atom is -0.457 e. The van der Waals surface area contributed by atoms with Crippen molar-refractivity contribution < 1.29 is 17.9 Å². The van der Waals surface area contributed by atoms with Crippen LogP contribution in [0.5, 0.6) is 11.5 Å². The Morgan fingerprint density at radius 3 is 2.29 bits per heavy atom. The molecule has 0 aliphatic rings. The average molecular weight is 412 g/mol. The zero-order valence-electron chi connectivity index (χ0n) is 13.4. The highest BCUT2D eigenvalue weighted by molar-refractivity contribution is 9.10. The molecule has 7 heteroatoms. The SMILES string of the molecule is C[Si](C)(C)OC(C#N)c1c(Br)cccc1Oc1cc(F)cc(F)c1. The van der Waals surface area contributed by atoms with Gasteiger partial charge in [-0.15, -0.1) is 0 Å². The average Bonchev–Trinajstić information content (AvgIpc) is 2.43. The van der Waals surface area contributed by atoms with Gasteiger partial charge in [-0.05, 0) is 31.8 Å². The van der Waals surface area contributed by atoms with Gasteiger partial charge in [0.25, 0.3) is 0 Å². The van der Waals surface area contributed by atoms with Gasteiger partial charge in [0.05, 0.1) is 11.6 Å². The Balaban J connectivity index is 2.44. The molecule has 0 aliphatic heterocycles. The molecule has 126 valence electrons. The van der Waals surface area contributed by atoms with Crippen LogP contribution >= 0.6 is 15.9 Å². The maximum atomic E-state index is 13.4. The molecule has 2 aromatic rings. The van der Waals surface area contributed by atoms with E-state index in [4.69, 9.17) is 9.16 Å². The van der Waals surface area contributed by atoms with Crippen LogP contribution in [-0.4, -0.2) is 8.32 Å². The smallest absolute Gasteiger partial charge is 0.186 e. The maximum absolute atomic E-state index is 13.4. The van der Waals surface area contributed by atoms with E-state index in [2.05, 4.69) is 22.0 Å². The predicted molar refractivity (Wildman–Crippen MR) is 93.4 cm³/mol. The second kappa shape index (κ2) is 7.43. The summed E-state index contributed by atoms with van der Waals surface area (Å²) in [7, 11) is -2.00. The van der Waals surface area contributed by atoms with E-state index in [1.807, 2.05) is 19.6 Å². The summed E-state index contributed by atoms with van der Waals surface area (Å²) in [5, 5.41) is 9.50. The Hall–Kier alpha value is -1.75. The number of benzene rings is 2. The van der Waals surface area contributed by atoms with Gasteiger partial charge in [-0.1, -0.05) is 22.0 Å². The van der Waals surface area contributed by atoms with E-state index in [-0.39, 0.29) is 5.75 Å². The molecule has 0 radical (unpaired) electrons. The molecule has 0 amide bonds. The molecule has 1 atom stereocenters. The second-order valence-corrected chi connectivity index (χ2v) is 11.4. The van der Waals surface area contributed by atoms with Crippen molar-refractivity contribution in [1.29, 1.82) is 5.26 Å². The van der Waals surface area contributed by atoms with Crippen LogP contribution in [0, 0.1) is 23.0 Å². The Morgan fingerprint density at radius 2 is 1.75 bits per heavy atom. The van der Waals surface area contributed by atoms with Crippen LogP contribution in [0.25, 0.3) is 0 Å². The number of rotatable bonds is 5. The van der Waals surface area contributed by atoms with Crippen LogP contribution in [0.4, 0.5) is 8.78 Å². The van der Waals surface area contributed by atoms with Gasteiger partial charge in [0.1, 0.15) is 23.1 Å². The lowest BCUT2D eigenvalue weighted by molar-refractivity contribution is 0.249. The highest BCUT2D eigenvalue weighted by Gasteiger charge is 2.26. The lowest BCUT2D eigenvalue weighted by Gasteiger charge is -2.24. The van der Waals surface area contributed by atoms with Crippen LogP contribution in [0.15, 0.2) is 40.9 Å². The van der Waals surface area contributed by atoms with E-state index in [9.17, 15) is 14.0 Å². The molecule has 1 unspecified atom stereocenters. The number of nitriles is 1.